The number of halogens is 1. The van der Waals surface area contributed by atoms with Crippen molar-refractivity contribution >= 4 is 22.6 Å². The molecule has 3 aliphatic carbocycles. The van der Waals surface area contributed by atoms with Crippen molar-refractivity contribution in [1.29, 1.82) is 0 Å². The lowest BCUT2D eigenvalue weighted by Gasteiger charge is -2.61. The number of benzene rings is 1. The largest absolute Gasteiger partial charge is 0.369 e. The van der Waals surface area contributed by atoms with Gasteiger partial charge in [0, 0.05) is 54.9 Å². The van der Waals surface area contributed by atoms with Gasteiger partial charge in [-0.3, -0.25) is 14.5 Å². The van der Waals surface area contributed by atoms with Crippen LogP contribution in [0, 0.1) is 17.8 Å². The third-order valence-corrected chi connectivity index (χ3v) is 11.7. The lowest BCUT2D eigenvalue weighted by atomic mass is 9.64. The van der Waals surface area contributed by atoms with Gasteiger partial charge in [-0.1, -0.05) is 43.9 Å². The lowest BCUT2D eigenvalue weighted by molar-refractivity contribution is -0.219. The van der Waals surface area contributed by atoms with Gasteiger partial charge in [-0.25, -0.2) is 4.39 Å². The molecule has 3 saturated carbocycles. The lowest BCUT2D eigenvalue weighted by Crippen LogP contribution is -2.73. The van der Waals surface area contributed by atoms with Crippen LogP contribution >= 0.6 is 0 Å². The second-order valence-corrected chi connectivity index (χ2v) is 14.1. The molecule has 4 heterocycles. The number of Topliss-reactive ketones (excluding diaryl/α,β-unsaturated/α-hetero) is 1. The maximum atomic E-state index is 16.2. The molecule has 1 aromatic heterocycles. The number of ether oxygens (including phenoxy) is 1. The van der Waals surface area contributed by atoms with Gasteiger partial charge < -0.3 is 25.7 Å². The number of aromatic nitrogens is 1. The molecule has 10 atom stereocenters. The summed E-state index contributed by atoms with van der Waals surface area (Å²) in [6.07, 6.45) is 10.9. The van der Waals surface area contributed by atoms with Crippen molar-refractivity contribution in [3.05, 3.63) is 47.8 Å². The summed E-state index contributed by atoms with van der Waals surface area (Å²) in [6, 6.07) is 7.62. The van der Waals surface area contributed by atoms with E-state index < -0.39 is 24.2 Å². The molecule has 43 heavy (non-hydrogen) atoms. The maximum absolute atomic E-state index is 16.2. The number of H-pyrrole nitrogens is 1. The molecular weight excluding hydrogens is 545 g/mol. The smallest absolute Gasteiger partial charge is 0.256 e. The van der Waals surface area contributed by atoms with E-state index in [1.54, 1.807) is 0 Å². The second-order valence-electron chi connectivity index (χ2n) is 14.1. The quantitative estimate of drug-likeness (QED) is 0.462. The summed E-state index contributed by atoms with van der Waals surface area (Å²) in [5.41, 5.74) is 8.64. The highest BCUT2D eigenvalue weighted by atomic mass is 19.1. The Morgan fingerprint density at radius 3 is 2.72 bits per heavy atom. The molecule has 1 aromatic carbocycles. The van der Waals surface area contributed by atoms with Crippen LogP contribution in [0.25, 0.3) is 10.9 Å². The zero-order valence-electron chi connectivity index (χ0n) is 24.8. The van der Waals surface area contributed by atoms with E-state index in [1.807, 2.05) is 30.6 Å². The number of hydrogen-bond donors (Lipinski definition) is 3. The van der Waals surface area contributed by atoms with Gasteiger partial charge in [0.2, 0.25) is 0 Å². The molecule has 0 bridgehead atoms. The van der Waals surface area contributed by atoms with Gasteiger partial charge in [0.05, 0.1) is 35.9 Å². The molecule has 0 spiro atoms. The fourth-order valence-electron chi connectivity index (χ4n) is 9.70. The van der Waals surface area contributed by atoms with E-state index in [2.05, 4.69) is 26.2 Å². The third-order valence-electron chi connectivity index (χ3n) is 11.7. The van der Waals surface area contributed by atoms with Crippen molar-refractivity contribution < 1.29 is 18.7 Å². The molecule has 0 radical (unpaired) electrons. The average Bonchev–Trinajstić information content (AvgIpc) is 3.63. The number of likely N-dealkylation sites (tertiary alicyclic amines) is 1. The Balaban J connectivity index is 1.08. The van der Waals surface area contributed by atoms with Crippen LogP contribution in [0.1, 0.15) is 56.9 Å². The number of aromatic amines is 1. The number of alkyl halides is 1. The van der Waals surface area contributed by atoms with E-state index in [0.29, 0.717) is 31.3 Å². The SMILES string of the molecule is NC1CCN(C2C(F)CC3C(=O)C(C(=O)NCCc4c[nH]c5ccccc45)=CN4C5CC6CCCCC6CC5OC2C34)C1. The Hall–Kier alpha value is -2.75. The van der Waals surface area contributed by atoms with Crippen LogP contribution in [0.2, 0.25) is 0 Å². The minimum absolute atomic E-state index is 0.0130. The minimum atomic E-state index is -1.20. The van der Waals surface area contributed by atoms with E-state index in [4.69, 9.17) is 10.5 Å². The number of morpholine rings is 1. The standard InChI is InChI=1S/C34H44FN5O3/c35-26-15-24-30-33(31(26)39-12-10-22(36)17-39)43-29-14-20-6-2-1-5-19(20)13-28(29)40(30)18-25(32(24)41)34(42)37-11-9-21-16-38-27-8-4-3-7-23(21)27/h3-4,7-8,16,18-20,22,24,26,28-31,33,38H,1-2,5-6,9-15,17,36H2,(H,37,42). The van der Waals surface area contributed by atoms with E-state index in [9.17, 15) is 9.59 Å². The molecule has 4 N–H and O–H groups in total. The summed E-state index contributed by atoms with van der Waals surface area (Å²) in [5, 5.41) is 4.17. The number of carbonyl (C=O) groups excluding carboxylic acids is 2. The molecule has 8 nitrogen and oxygen atoms in total. The molecule has 10 unspecified atom stereocenters. The summed E-state index contributed by atoms with van der Waals surface area (Å²) in [4.78, 5) is 35.4. The summed E-state index contributed by atoms with van der Waals surface area (Å²) >= 11 is 0. The van der Waals surface area contributed by atoms with Gasteiger partial charge in [0.15, 0.2) is 5.78 Å². The van der Waals surface area contributed by atoms with Crippen LogP contribution in [0.4, 0.5) is 4.39 Å². The molecule has 8 rings (SSSR count). The van der Waals surface area contributed by atoms with Gasteiger partial charge in [-0.15, -0.1) is 0 Å². The van der Waals surface area contributed by atoms with Gasteiger partial charge >= 0.3 is 0 Å². The van der Waals surface area contributed by atoms with Crippen LogP contribution in [-0.4, -0.2) is 88.7 Å². The molecule has 1 amide bonds. The molecule has 2 saturated heterocycles. The van der Waals surface area contributed by atoms with E-state index >= 15 is 4.39 Å². The number of amides is 1. The number of fused-ring (bicyclic) bond motifs is 4. The van der Waals surface area contributed by atoms with Crippen LogP contribution in [0.5, 0.6) is 0 Å². The molecule has 9 heteroatoms. The van der Waals surface area contributed by atoms with Crippen molar-refractivity contribution in [2.45, 2.75) is 100 Å². The number of carbonyl (C=O) groups is 2. The summed E-state index contributed by atoms with van der Waals surface area (Å²) in [6.45, 7) is 1.84. The van der Waals surface area contributed by atoms with Crippen molar-refractivity contribution in [2.75, 3.05) is 19.6 Å². The fourth-order valence-corrected chi connectivity index (χ4v) is 9.70. The van der Waals surface area contributed by atoms with Crippen LogP contribution in [0.3, 0.4) is 0 Å². The number of hydrogen-bond acceptors (Lipinski definition) is 6. The van der Waals surface area contributed by atoms with E-state index in [0.717, 1.165) is 42.3 Å². The number of nitrogens with zero attached hydrogens (tertiary/aromatic N) is 2. The fraction of sp³-hybridized carbons (Fsp3) is 0.647. The first kappa shape index (κ1) is 27.8. The number of nitrogens with two attached hydrogens (primary N) is 1. The highest BCUT2D eigenvalue weighted by Crippen LogP contribution is 2.51. The van der Waals surface area contributed by atoms with E-state index in [1.165, 1.54) is 25.7 Å². The van der Waals surface area contributed by atoms with Crippen molar-refractivity contribution in [3.8, 4) is 0 Å². The van der Waals surface area contributed by atoms with Gasteiger partial charge in [0.1, 0.15) is 6.17 Å². The summed E-state index contributed by atoms with van der Waals surface area (Å²) in [5.74, 6) is 0.129. The molecular formula is C34H44FN5O3. The first-order chi connectivity index (χ1) is 21.0. The summed E-state index contributed by atoms with van der Waals surface area (Å²) < 4.78 is 23.2. The number of ketones is 1. The first-order valence-electron chi connectivity index (χ1n) is 16.6. The normalized spacial score (nSPS) is 39.2. The Bertz CT molecular complexity index is 1430. The zero-order chi connectivity index (χ0) is 29.2. The van der Waals surface area contributed by atoms with Gasteiger partial charge in [-0.05, 0) is 55.6 Å². The number of nitrogens with one attached hydrogen (secondary N) is 2. The Labute approximate surface area is 252 Å². The minimum Gasteiger partial charge on any atom is -0.369 e. The van der Waals surface area contributed by atoms with Crippen LogP contribution in [0.15, 0.2) is 42.2 Å². The Morgan fingerprint density at radius 1 is 1.09 bits per heavy atom. The van der Waals surface area contributed by atoms with Crippen LogP contribution < -0.4 is 11.1 Å². The third kappa shape index (κ3) is 4.73. The molecule has 6 aliphatic rings. The number of para-hydroxylation sites is 1. The summed E-state index contributed by atoms with van der Waals surface area (Å²) in [7, 11) is 0. The Kier molecular flexibility index (Phi) is 7.11. The predicted octanol–water partition coefficient (Wildman–Crippen LogP) is 3.46. The molecule has 2 aromatic rings. The van der Waals surface area contributed by atoms with Gasteiger partial charge in [-0.2, -0.15) is 0 Å². The first-order valence-corrected chi connectivity index (χ1v) is 16.6. The monoisotopic (exact) mass is 589 g/mol. The molecule has 3 aliphatic heterocycles. The number of rotatable bonds is 5. The van der Waals surface area contributed by atoms with Crippen molar-refractivity contribution in [3.63, 3.8) is 0 Å². The van der Waals surface area contributed by atoms with Gasteiger partial charge in [0.25, 0.3) is 5.91 Å². The Morgan fingerprint density at radius 2 is 1.91 bits per heavy atom. The molecule has 230 valence electrons. The topological polar surface area (TPSA) is 104 Å². The highest BCUT2D eigenvalue weighted by Gasteiger charge is 2.60. The maximum Gasteiger partial charge on any atom is 0.256 e. The predicted molar refractivity (Wildman–Crippen MR) is 162 cm³/mol. The van der Waals surface area contributed by atoms with E-state index in [-0.39, 0.29) is 47.9 Å². The van der Waals surface area contributed by atoms with Crippen LogP contribution in [-0.2, 0) is 20.7 Å². The van der Waals surface area contributed by atoms with Crippen molar-refractivity contribution in [1.82, 2.24) is 20.1 Å². The average molecular weight is 590 g/mol. The zero-order valence-corrected chi connectivity index (χ0v) is 24.8. The molecule has 5 fully saturated rings. The van der Waals surface area contributed by atoms with Crippen molar-refractivity contribution in [2.24, 2.45) is 23.5 Å². The second kappa shape index (κ2) is 11.0. The highest BCUT2D eigenvalue weighted by molar-refractivity contribution is 6.20.